The van der Waals surface area contributed by atoms with Gasteiger partial charge in [0.2, 0.25) is 0 Å². The Bertz CT molecular complexity index is 1840. The Morgan fingerprint density at radius 3 is 1.96 bits per heavy atom. The van der Waals surface area contributed by atoms with Crippen LogP contribution in [0, 0.1) is 40.4 Å². The summed E-state index contributed by atoms with van der Waals surface area (Å²) in [5.41, 5.74) is -3.00. The van der Waals surface area contributed by atoms with E-state index in [0.717, 1.165) is 96.3 Å². The third-order valence-corrected chi connectivity index (χ3v) is 15.4. The van der Waals surface area contributed by atoms with E-state index in [0.29, 0.717) is 24.8 Å². The minimum atomic E-state index is -1.34. The summed E-state index contributed by atoms with van der Waals surface area (Å²) in [6.07, 6.45) is 15.7. The summed E-state index contributed by atoms with van der Waals surface area (Å²) in [5, 5.41) is 12.6. The van der Waals surface area contributed by atoms with Crippen molar-refractivity contribution in [3.8, 4) is 17.1 Å². The van der Waals surface area contributed by atoms with Gasteiger partial charge in [-0.1, -0.05) is 71.6 Å². The number of esters is 3. The molecule has 0 bridgehead atoms. The maximum Gasteiger partial charge on any atom is 0.345 e. The largest absolute Gasteiger partial charge is 0.482 e. The second-order valence-electron chi connectivity index (χ2n) is 18.9. The predicted octanol–water partition coefficient (Wildman–Crippen LogP) is 8.44. The smallest absolute Gasteiger partial charge is 0.345 e. The predicted molar refractivity (Wildman–Crippen MR) is 210 cm³/mol. The normalized spacial score (nSPS) is 34.8. The monoisotopic (exact) mass is 787 g/mol. The van der Waals surface area contributed by atoms with Crippen molar-refractivity contribution in [3.05, 3.63) is 46.6 Å². The minimum absolute atomic E-state index is 0.0160. The number of hydrogen-bond acceptors (Lipinski definition) is 11. The van der Waals surface area contributed by atoms with Gasteiger partial charge in [-0.3, -0.25) is 19.4 Å². The Labute approximate surface area is 336 Å². The van der Waals surface area contributed by atoms with E-state index in [2.05, 4.69) is 11.9 Å². The summed E-state index contributed by atoms with van der Waals surface area (Å²) in [7, 11) is 0. The van der Waals surface area contributed by atoms with Crippen molar-refractivity contribution < 1.29 is 42.9 Å². The molecule has 5 aliphatic carbocycles. The summed E-state index contributed by atoms with van der Waals surface area (Å²) in [5.74, 6) is -1.94. The molecule has 8 rings (SSSR count). The minimum Gasteiger partial charge on any atom is -0.482 e. The number of aromatic nitrogens is 1. The lowest BCUT2D eigenvalue weighted by atomic mass is 9.42. The van der Waals surface area contributed by atoms with Crippen LogP contribution >= 0.6 is 0 Å². The molecule has 5 saturated carbocycles. The van der Waals surface area contributed by atoms with Gasteiger partial charge in [-0.25, -0.2) is 4.79 Å². The second kappa shape index (κ2) is 16.1. The highest BCUT2D eigenvalue weighted by Gasteiger charge is 2.71. The molecule has 6 aliphatic rings. The van der Waals surface area contributed by atoms with Gasteiger partial charge in [0.15, 0.2) is 0 Å². The standard InChI is InChI=1S/C46H61NO10/c1-44-22-21-35(55-41(50)29-16-9-5-10-17-29)45(2,27-53-40(49)28-14-7-4-8-15-28)34(44)25-36(56-42(51)30-18-11-6-12-19-30)46(3)39(44)38(48)37-33(57-46)24-32(54-43(37)52)31-20-13-23-47-26-31/h13,20,23-24,26,28-30,34-36,38-39,48H,4-12,14-19,21-22,25,27H2,1-3H3/t34-,35+,36+,38+,39-,44+,45?,46-/m1/s1. The van der Waals surface area contributed by atoms with Gasteiger partial charge in [-0.15, -0.1) is 0 Å². The number of aliphatic hydroxyl groups excluding tert-OH is 1. The molecule has 11 nitrogen and oxygen atoms in total. The number of ether oxygens (including phenoxy) is 4. The molecule has 1 aliphatic heterocycles. The molecule has 1 N–H and O–H groups in total. The Kier molecular flexibility index (Phi) is 11.3. The Hall–Kier alpha value is -3.73. The van der Waals surface area contributed by atoms with Gasteiger partial charge < -0.3 is 28.5 Å². The van der Waals surface area contributed by atoms with Crippen LogP contribution in [0.25, 0.3) is 11.3 Å². The molecule has 0 saturated heterocycles. The summed E-state index contributed by atoms with van der Waals surface area (Å²) in [6.45, 7) is 6.08. The van der Waals surface area contributed by atoms with Crippen LogP contribution in [0.1, 0.15) is 148 Å². The van der Waals surface area contributed by atoms with E-state index in [4.69, 9.17) is 23.4 Å². The maximum absolute atomic E-state index is 14.1. The lowest BCUT2D eigenvalue weighted by Gasteiger charge is -2.66. The van der Waals surface area contributed by atoms with Crippen LogP contribution in [0.15, 0.2) is 39.8 Å². The molecular weight excluding hydrogens is 727 g/mol. The van der Waals surface area contributed by atoms with Crippen molar-refractivity contribution >= 4 is 17.9 Å². The van der Waals surface area contributed by atoms with Gasteiger partial charge in [0.1, 0.15) is 41.5 Å². The van der Waals surface area contributed by atoms with Crippen LogP contribution in [0.4, 0.5) is 0 Å². The zero-order valence-electron chi connectivity index (χ0n) is 34.0. The van der Waals surface area contributed by atoms with Crippen LogP contribution in [0.5, 0.6) is 5.75 Å². The molecule has 2 aromatic rings. The van der Waals surface area contributed by atoms with Crippen molar-refractivity contribution in [1.82, 2.24) is 4.98 Å². The molecule has 57 heavy (non-hydrogen) atoms. The number of fused-ring (bicyclic) bond motifs is 4. The second-order valence-corrected chi connectivity index (χ2v) is 18.9. The first kappa shape index (κ1) is 40.1. The van der Waals surface area contributed by atoms with Gasteiger partial charge in [-0.05, 0) is 88.2 Å². The molecule has 0 amide bonds. The first-order chi connectivity index (χ1) is 27.4. The molecule has 0 radical (unpaired) electrons. The number of aliphatic hydroxyl groups is 1. The molecule has 8 atom stereocenters. The molecule has 310 valence electrons. The fourth-order valence-corrected chi connectivity index (χ4v) is 12.2. The third kappa shape index (κ3) is 7.44. The highest BCUT2D eigenvalue weighted by molar-refractivity contribution is 5.74. The maximum atomic E-state index is 14.1. The van der Waals surface area contributed by atoms with Crippen LogP contribution in [0.2, 0.25) is 0 Å². The molecule has 3 heterocycles. The van der Waals surface area contributed by atoms with E-state index < -0.39 is 46.3 Å². The first-order valence-electron chi connectivity index (χ1n) is 22.0. The van der Waals surface area contributed by atoms with Gasteiger partial charge >= 0.3 is 23.5 Å². The lowest BCUT2D eigenvalue weighted by Crippen LogP contribution is -2.71. The number of nitrogens with zero attached hydrogens (tertiary/aromatic N) is 1. The Morgan fingerprint density at radius 1 is 0.807 bits per heavy atom. The topological polar surface area (TPSA) is 151 Å². The Morgan fingerprint density at radius 2 is 1.39 bits per heavy atom. The van der Waals surface area contributed by atoms with Crippen molar-refractivity contribution in [1.29, 1.82) is 0 Å². The van der Waals surface area contributed by atoms with Gasteiger partial charge in [0.05, 0.1) is 23.9 Å². The molecule has 0 spiro atoms. The number of carbonyl (C=O) groups is 3. The average Bonchev–Trinajstić information content (AvgIpc) is 3.22. The molecule has 11 heteroatoms. The number of hydrogen-bond donors (Lipinski definition) is 1. The molecule has 5 fully saturated rings. The van der Waals surface area contributed by atoms with E-state index >= 15 is 0 Å². The number of rotatable bonds is 8. The third-order valence-electron chi connectivity index (χ3n) is 15.4. The number of pyridine rings is 1. The summed E-state index contributed by atoms with van der Waals surface area (Å²) in [6, 6.07) is 5.16. The molecule has 1 unspecified atom stereocenters. The van der Waals surface area contributed by atoms with E-state index in [1.807, 2.05) is 13.8 Å². The van der Waals surface area contributed by atoms with Crippen LogP contribution in [-0.4, -0.2) is 52.4 Å². The SMILES string of the molecule is CC1(COC(=O)C2CCCCC2)[C@@H](OC(=O)C2CCCCC2)CC[C@]2(C)[C@H]3[C@@H](O)c4c(cc(-c5cccnc5)oc4=O)O[C@]3(C)[C@@H](OC(=O)C3CCCCC3)C[C@@H]12. The lowest BCUT2D eigenvalue weighted by molar-refractivity contribution is -0.273. The van der Waals surface area contributed by atoms with Crippen molar-refractivity contribution in [2.45, 2.75) is 160 Å². The highest BCUT2D eigenvalue weighted by atomic mass is 16.6. The van der Waals surface area contributed by atoms with E-state index in [1.165, 1.54) is 0 Å². The fraction of sp³-hybridized carbons (Fsp3) is 0.717. The van der Waals surface area contributed by atoms with Crippen molar-refractivity contribution in [2.24, 2.45) is 40.4 Å². The fourth-order valence-electron chi connectivity index (χ4n) is 12.2. The zero-order valence-corrected chi connectivity index (χ0v) is 34.0. The van der Waals surface area contributed by atoms with Crippen LogP contribution in [0.3, 0.4) is 0 Å². The van der Waals surface area contributed by atoms with Gasteiger partial charge in [0, 0.05) is 35.4 Å². The summed E-state index contributed by atoms with van der Waals surface area (Å²) < 4.78 is 32.3. The van der Waals surface area contributed by atoms with Crippen molar-refractivity contribution in [2.75, 3.05) is 6.61 Å². The summed E-state index contributed by atoms with van der Waals surface area (Å²) in [4.78, 5) is 59.8. The highest BCUT2D eigenvalue weighted by Crippen LogP contribution is 2.68. The van der Waals surface area contributed by atoms with E-state index in [-0.39, 0.29) is 65.3 Å². The van der Waals surface area contributed by atoms with Crippen molar-refractivity contribution in [3.63, 3.8) is 0 Å². The Balaban J connectivity index is 1.20. The van der Waals surface area contributed by atoms with Crippen LogP contribution < -0.4 is 10.4 Å². The van der Waals surface area contributed by atoms with E-state index in [1.54, 1.807) is 30.6 Å². The molecule has 0 aromatic carbocycles. The summed E-state index contributed by atoms with van der Waals surface area (Å²) >= 11 is 0. The average molecular weight is 788 g/mol. The van der Waals surface area contributed by atoms with Gasteiger partial charge in [0.25, 0.3) is 0 Å². The zero-order chi connectivity index (χ0) is 40.0. The molecular formula is C46H61NO10. The quantitative estimate of drug-likeness (QED) is 0.203. The van der Waals surface area contributed by atoms with Gasteiger partial charge in [-0.2, -0.15) is 0 Å². The number of carbonyl (C=O) groups excluding carboxylic acids is 3. The van der Waals surface area contributed by atoms with Crippen LogP contribution in [-0.2, 0) is 28.6 Å². The first-order valence-corrected chi connectivity index (χ1v) is 22.0. The molecule has 2 aromatic heterocycles. The van der Waals surface area contributed by atoms with E-state index in [9.17, 15) is 24.3 Å².